The van der Waals surface area contributed by atoms with Gasteiger partial charge in [-0.05, 0) is 64.8 Å². The minimum atomic E-state index is -0.669. The highest BCUT2D eigenvalue weighted by molar-refractivity contribution is 5.73. The maximum Gasteiger partial charge on any atom is 0.309 e. The number of hydrogen-bond donors (Lipinski definition) is 1. The van der Waals surface area contributed by atoms with Crippen molar-refractivity contribution in [2.24, 2.45) is 11.3 Å². The van der Waals surface area contributed by atoms with Gasteiger partial charge in [-0.2, -0.15) is 0 Å². The van der Waals surface area contributed by atoms with Gasteiger partial charge in [-0.3, -0.25) is 4.79 Å². The van der Waals surface area contributed by atoms with Crippen LogP contribution in [0.15, 0.2) is 0 Å². The van der Waals surface area contributed by atoms with E-state index in [1.165, 1.54) is 32.2 Å². The Balaban J connectivity index is 1.69. The minimum absolute atomic E-state index is 0.561. The van der Waals surface area contributed by atoms with Crippen LogP contribution in [0.4, 0.5) is 0 Å². The second-order valence-corrected chi connectivity index (χ2v) is 6.46. The topological polar surface area (TPSA) is 40.5 Å². The summed E-state index contributed by atoms with van der Waals surface area (Å²) in [5, 5.41) is 9.07. The van der Waals surface area contributed by atoms with E-state index < -0.39 is 11.4 Å². The number of aliphatic carboxylic acids is 1. The average Bonchev–Trinajstić information content (AvgIpc) is 3.10. The molecule has 0 heterocycles. The van der Waals surface area contributed by atoms with E-state index in [-0.39, 0.29) is 0 Å². The number of carboxylic acid groups (broad SMARTS) is 1. The molecule has 2 aliphatic carbocycles. The average molecular weight is 239 g/mol. The predicted molar refractivity (Wildman–Crippen MR) is 68.0 cm³/mol. The Morgan fingerprint density at radius 3 is 2.41 bits per heavy atom. The van der Waals surface area contributed by atoms with Crippen LogP contribution in [0.2, 0.25) is 0 Å². The molecule has 0 bridgehead atoms. The Hall–Kier alpha value is -0.570. The second-order valence-electron chi connectivity index (χ2n) is 6.46. The zero-order chi connectivity index (χ0) is 12.5. The molecule has 0 aromatic rings. The maximum atomic E-state index is 11.0. The van der Waals surface area contributed by atoms with Crippen LogP contribution in [-0.2, 0) is 4.79 Å². The highest BCUT2D eigenvalue weighted by Crippen LogP contribution is 2.35. The van der Waals surface area contributed by atoms with Crippen molar-refractivity contribution in [3.63, 3.8) is 0 Å². The van der Waals surface area contributed by atoms with E-state index >= 15 is 0 Å². The molecule has 2 rings (SSSR count). The molecule has 0 spiro atoms. The first-order valence-electron chi connectivity index (χ1n) is 6.96. The molecule has 0 aromatic heterocycles. The molecule has 3 nitrogen and oxygen atoms in total. The molecule has 3 heteroatoms. The van der Waals surface area contributed by atoms with Crippen LogP contribution in [0.5, 0.6) is 0 Å². The maximum absolute atomic E-state index is 11.0. The van der Waals surface area contributed by atoms with Crippen LogP contribution < -0.4 is 0 Å². The van der Waals surface area contributed by atoms with Gasteiger partial charge in [-0.1, -0.05) is 0 Å². The lowest BCUT2D eigenvalue weighted by atomic mass is 9.88. The van der Waals surface area contributed by atoms with Gasteiger partial charge in [-0.25, -0.2) is 0 Å². The molecule has 2 fully saturated rings. The molecule has 17 heavy (non-hydrogen) atoms. The first-order chi connectivity index (χ1) is 7.99. The normalized spacial score (nSPS) is 20.9. The molecule has 2 aliphatic rings. The van der Waals surface area contributed by atoms with Crippen molar-refractivity contribution in [1.29, 1.82) is 0 Å². The van der Waals surface area contributed by atoms with Crippen LogP contribution in [0.25, 0.3) is 0 Å². The second kappa shape index (κ2) is 4.97. The van der Waals surface area contributed by atoms with Crippen LogP contribution in [-0.4, -0.2) is 35.1 Å². The van der Waals surface area contributed by atoms with E-state index in [0.29, 0.717) is 0 Å². The first-order valence-corrected chi connectivity index (χ1v) is 6.96. The van der Waals surface area contributed by atoms with E-state index in [0.717, 1.165) is 31.3 Å². The lowest BCUT2D eigenvalue weighted by molar-refractivity contribution is -0.147. The summed E-state index contributed by atoms with van der Waals surface area (Å²) in [6, 6.07) is 0.823. The van der Waals surface area contributed by atoms with Gasteiger partial charge in [0.25, 0.3) is 0 Å². The van der Waals surface area contributed by atoms with E-state index in [1.807, 2.05) is 13.8 Å². The smallest absolute Gasteiger partial charge is 0.309 e. The molecule has 1 N–H and O–H groups in total. The summed E-state index contributed by atoms with van der Waals surface area (Å²) in [5.41, 5.74) is -0.561. The third kappa shape index (κ3) is 3.98. The molecule has 98 valence electrons. The standard InChI is InChI=1S/C14H25NO2/c1-14(2,13(16)17)8-3-9-15(12-6-7-12)10-11-4-5-11/h11-12H,3-10H2,1-2H3,(H,16,17). The van der Waals surface area contributed by atoms with Crippen molar-refractivity contribution >= 4 is 5.97 Å². The minimum Gasteiger partial charge on any atom is -0.481 e. The van der Waals surface area contributed by atoms with E-state index in [4.69, 9.17) is 5.11 Å². The van der Waals surface area contributed by atoms with Gasteiger partial charge in [0.1, 0.15) is 0 Å². The molecule has 0 atom stereocenters. The molecular weight excluding hydrogens is 214 g/mol. The molecular formula is C14H25NO2. The predicted octanol–water partition coefficient (Wildman–Crippen LogP) is 2.75. The van der Waals surface area contributed by atoms with E-state index in [9.17, 15) is 4.79 Å². The fraction of sp³-hybridized carbons (Fsp3) is 0.929. The molecule has 2 saturated carbocycles. The van der Waals surface area contributed by atoms with Crippen LogP contribution >= 0.6 is 0 Å². The third-order valence-electron chi connectivity index (χ3n) is 4.08. The Bertz CT molecular complexity index is 280. The van der Waals surface area contributed by atoms with Gasteiger partial charge in [0.2, 0.25) is 0 Å². The first kappa shape index (κ1) is 12.9. The van der Waals surface area contributed by atoms with E-state index in [2.05, 4.69) is 4.90 Å². The van der Waals surface area contributed by atoms with Crippen molar-refractivity contribution in [2.75, 3.05) is 13.1 Å². The van der Waals surface area contributed by atoms with Crippen molar-refractivity contribution in [1.82, 2.24) is 4.90 Å². The molecule has 0 saturated heterocycles. The lowest BCUT2D eigenvalue weighted by Crippen LogP contribution is -2.31. The Morgan fingerprint density at radius 2 is 1.94 bits per heavy atom. The van der Waals surface area contributed by atoms with Crippen LogP contribution in [0.1, 0.15) is 52.4 Å². The summed E-state index contributed by atoms with van der Waals surface area (Å²) in [4.78, 5) is 13.6. The van der Waals surface area contributed by atoms with Crippen LogP contribution in [0.3, 0.4) is 0 Å². The summed E-state index contributed by atoms with van der Waals surface area (Å²) >= 11 is 0. The largest absolute Gasteiger partial charge is 0.481 e. The zero-order valence-corrected chi connectivity index (χ0v) is 11.1. The molecule has 0 unspecified atom stereocenters. The van der Waals surface area contributed by atoms with Gasteiger partial charge in [-0.15, -0.1) is 0 Å². The summed E-state index contributed by atoms with van der Waals surface area (Å²) in [6.07, 6.45) is 7.33. The fourth-order valence-corrected chi connectivity index (χ4v) is 2.33. The fourth-order valence-electron chi connectivity index (χ4n) is 2.33. The van der Waals surface area contributed by atoms with Crippen molar-refractivity contribution in [3.05, 3.63) is 0 Å². The lowest BCUT2D eigenvalue weighted by Gasteiger charge is -2.24. The number of carboxylic acids is 1. The molecule has 0 amide bonds. The molecule has 0 radical (unpaired) electrons. The Labute approximate surface area is 104 Å². The van der Waals surface area contributed by atoms with Gasteiger partial charge < -0.3 is 10.0 Å². The third-order valence-corrected chi connectivity index (χ3v) is 4.08. The summed E-state index contributed by atoms with van der Waals surface area (Å²) in [6.45, 7) is 6.02. The monoisotopic (exact) mass is 239 g/mol. The Morgan fingerprint density at radius 1 is 1.29 bits per heavy atom. The summed E-state index contributed by atoms with van der Waals surface area (Å²) in [7, 11) is 0. The number of carbonyl (C=O) groups is 1. The van der Waals surface area contributed by atoms with Gasteiger partial charge in [0, 0.05) is 12.6 Å². The SMILES string of the molecule is CC(C)(CCCN(CC1CC1)C1CC1)C(=O)O. The van der Waals surface area contributed by atoms with Gasteiger partial charge >= 0.3 is 5.97 Å². The quantitative estimate of drug-likeness (QED) is 0.708. The Kier molecular flexibility index (Phi) is 3.76. The van der Waals surface area contributed by atoms with Crippen molar-refractivity contribution in [3.8, 4) is 0 Å². The van der Waals surface area contributed by atoms with Crippen LogP contribution in [0, 0.1) is 11.3 Å². The zero-order valence-electron chi connectivity index (χ0n) is 11.1. The summed E-state index contributed by atoms with van der Waals surface area (Å²) in [5.74, 6) is 0.278. The van der Waals surface area contributed by atoms with Crippen molar-refractivity contribution in [2.45, 2.75) is 58.4 Å². The highest BCUT2D eigenvalue weighted by atomic mass is 16.4. The molecule has 0 aromatic carbocycles. The van der Waals surface area contributed by atoms with Gasteiger partial charge in [0.05, 0.1) is 5.41 Å². The summed E-state index contributed by atoms with van der Waals surface area (Å²) < 4.78 is 0. The van der Waals surface area contributed by atoms with E-state index in [1.54, 1.807) is 0 Å². The van der Waals surface area contributed by atoms with Crippen molar-refractivity contribution < 1.29 is 9.90 Å². The number of rotatable bonds is 8. The molecule has 0 aliphatic heterocycles. The number of hydrogen-bond acceptors (Lipinski definition) is 2. The number of nitrogens with zero attached hydrogens (tertiary/aromatic N) is 1. The van der Waals surface area contributed by atoms with Gasteiger partial charge in [0.15, 0.2) is 0 Å². The highest BCUT2D eigenvalue weighted by Gasteiger charge is 2.34.